The van der Waals surface area contributed by atoms with Gasteiger partial charge in [0.2, 0.25) is 0 Å². The molecule has 0 aliphatic carbocycles. The fraction of sp³-hybridized carbons (Fsp3) is 0.429. The Morgan fingerprint density at radius 1 is 0.625 bits per heavy atom. The first-order chi connectivity index (χ1) is 11.5. The van der Waals surface area contributed by atoms with Crippen LogP contribution in [0.2, 0.25) is 0 Å². The second kappa shape index (κ2) is 8.43. The van der Waals surface area contributed by atoms with Crippen LogP contribution in [0.3, 0.4) is 0 Å². The van der Waals surface area contributed by atoms with Crippen LogP contribution in [-0.2, 0) is 34.0 Å². The standard InChI is InChI=1S/C21H28O3/c1-14-7-17(8-15(2)16(14)3)18-9-19(11-22-4)21(13-24-6)20(10-18)12-23-5/h7-10H,11-13H2,1-6H3. The summed E-state index contributed by atoms with van der Waals surface area (Å²) < 4.78 is 16.2. The van der Waals surface area contributed by atoms with E-state index in [1.165, 1.54) is 27.8 Å². The van der Waals surface area contributed by atoms with E-state index in [1.807, 2.05) is 0 Å². The van der Waals surface area contributed by atoms with E-state index in [9.17, 15) is 0 Å². The van der Waals surface area contributed by atoms with E-state index in [0.29, 0.717) is 19.8 Å². The molecule has 0 saturated heterocycles. The van der Waals surface area contributed by atoms with Crippen LogP contribution >= 0.6 is 0 Å². The molecule has 0 aromatic heterocycles. The Kier molecular flexibility index (Phi) is 6.55. The summed E-state index contributed by atoms with van der Waals surface area (Å²) in [6.07, 6.45) is 0. The number of benzene rings is 2. The summed E-state index contributed by atoms with van der Waals surface area (Å²) in [5.74, 6) is 0. The van der Waals surface area contributed by atoms with Gasteiger partial charge in [-0.2, -0.15) is 0 Å². The fourth-order valence-electron chi connectivity index (χ4n) is 3.06. The molecule has 0 unspecified atom stereocenters. The van der Waals surface area contributed by atoms with Crippen molar-refractivity contribution in [1.29, 1.82) is 0 Å². The van der Waals surface area contributed by atoms with Gasteiger partial charge in [-0.15, -0.1) is 0 Å². The van der Waals surface area contributed by atoms with Crippen molar-refractivity contribution in [3.63, 3.8) is 0 Å². The third-order valence-electron chi connectivity index (χ3n) is 4.58. The molecular weight excluding hydrogens is 300 g/mol. The molecule has 0 amide bonds. The van der Waals surface area contributed by atoms with Crippen LogP contribution in [0.5, 0.6) is 0 Å². The van der Waals surface area contributed by atoms with E-state index in [-0.39, 0.29) is 0 Å². The molecule has 0 N–H and O–H groups in total. The topological polar surface area (TPSA) is 27.7 Å². The maximum absolute atomic E-state index is 5.41. The van der Waals surface area contributed by atoms with Gasteiger partial charge in [-0.25, -0.2) is 0 Å². The third kappa shape index (κ3) is 4.04. The van der Waals surface area contributed by atoms with Crippen molar-refractivity contribution in [3.05, 3.63) is 57.6 Å². The second-order valence-corrected chi connectivity index (χ2v) is 6.31. The van der Waals surface area contributed by atoms with Gasteiger partial charge in [-0.1, -0.05) is 12.1 Å². The molecule has 2 rings (SSSR count). The maximum atomic E-state index is 5.41. The number of methoxy groups -OCH3 is 3. The normalized spacial score (nSPS) is 11.1. The molecule has 0 heterocycles. The smallest absolute Gasteiger partial charge is 0.0720 e. The first-order valence-electron chi connectivity index (χ1n) is 8.21. The van der Waals surface area contributed by atoms with Crippen LogP contribution in [0.1, 0.15) is 33.4 Å². The van der Waals surface area contributed by atoms with Gasteiger partial charge in [0.05, 0.1) is 19.8 Å². The monoisotopic (exact) mass is 328 g/mol. The predicted molar refractivity (Wildman–Crippen MR) is 98.2 cm³/mol. The SMILES string of the molecule is COCc1cc(-c2cc(C)c(C)c(C)c2)cc(COC)c1COC. The van der Waals surface area contributed by atoms with Gasteiger partial charge in [0, 0.05) is 21.3 Å². The highest BCUT2D eigenvalue weighted by molar-refractivity contribution is 5.68. The van der Waals surface area contributed by atoms with Crippen LogP contribution < -0.4 is 0 Å². The van der Waals surface area contributed by atoms with Crippen LogP contribution in [-0.4, -0.2) is 21.3 Å². The molecular formula is C21H28O3. The molecule has 0 aliphatic heterocycles. The van der Waals surface area contributed by atoms with Crippen LogP contribution in [0.15, 0.2) is 24.3 Å². The number of ether oxygens (including phenoxy) is 3. The minimum atomic E-state index is 0.559. The molecule has 2 aromatic carbocycles. The molecule has 130 valence electrons. The van der Waals surface area contributed by atoms with Gasteiger partial charge in [-0.3, -0.25) is 0 Å². The van der Waals surface area contributed by atoms with Crippen LogP contribution in [0.25, 0.3) is 11.1 Å². The van der Waals surface area contributed by atoms with Crippen molar-refractivity contribution in [2.24, 2.45) is 0 Å². The van der Waals surface area contributed by atoms with Crippen molar-refractivity contribution < 1.29 is 14.2 Å². The zero-order valence-corrected chi connectivity index (χ0v) is 15.7. The summed E-state index contributed by atoms with van der Waals surface area (Å²) in [7, 11) is 5.16. The van der Waals surface area contributed by atoms with Gasteiger partial charge >= 0.3 is 0 Å². The van der Waals surface area contributed by atoms with Gasteiger partial charge in [0.1, 0.15) is 0 Å². The van der Waals surface area contributed by atoms with E-state index in [4.69, 9.17) is 14.2 Å². The summed E-state index contributed by atoms with van der Waals surface area (Å²) >= 11 is 0. The fourth-order valence-corrected chi connectivity index (χ4v) is 3.06. The molecule has 0 spiro atoms. The van der Waals surface area contributed by atoms with Crippen molar-refractivity contribution in [3.8, 4) is 11.1 Å². The Morgan fingerprint density at radius 3 is 1.46 bits per heavy atom. The molecule has 0 aliphatic rings. The molecule has 0 bridgehead atoms. The molecule has 0 saturated carbocycles. The van der Waals surface area contributed by atoms with Gasteiger partial charge < -0.3 is 14.2 Å². The second-order valence-electron chi connectivity index (χ2n) is 6.31. The third-order valence-corrected chi connectivity index (χ3v) is 4.58. The van der Waals surface area contributed by atoms with Gasteiger partial charge in [0.15, 0.2) is 0 Å². The van der Waals surface area contributed by atoms with Gasteiger partial charge in [0.25, 0.3) is 0 Å². The molecule has 0 radical (unpaired) electrons. The predicted octanol–water partition coefficient (Wildman–Crippen LogP) is 4.72. The minimum absolute atomic E-state index is 0.559. The summed E-state index contributed by atoms with van der Waals surface area (Å²) in [5, 5.41) is 0. The van der Waals surface area contributed by atoms with E-state index in [2.05, 4.69) is 45.0 Å². The minimum Gasteiger partial charge on any atom is -0.380 e. The van der Waals surface area contributed by atoms with E-state index >= 15 is 0 Å². The lowest BCUT2D eigenvalue weighted by Gasteiger charge is -2.17. The van der Waals surface area contributed by atoms with Crippen molar-refractivity contribution >= 4 is 0 Å². The number of rotatable bonds is 7. The zero-order valence-electron chi connectivity index (χ0n) is 15.7. The highest BCUT2D eigenvalue weighted by Gasteiger charge is 2.13. The Labute approximate surface area is 145 Å². The Balaban J connectivity index is 2.61. The molecule has 2 aromatic rings. The first-order valence-corrected chi connectivity index (χ1v) is 8.21. The van der Waals surface area contributed by atoms with Crippen molar-refractivity contribution in [2.75, 3.05) is 21.3 Å². The van der Waals surface area contributed by atoms with Crippen LogP contribution in [0.4, 0.5) is 0 Å². The molecule has 3 heteroatoms. The number of hydrogen-bond donors (Lipinski definition) is 0. The molecule has 0 fully saturated rings. The zero-order chi connectivity index (χ0) is 17.7. The number of hydrogen-bond acceptors (Lipinski definition) is 3. The van der Waals surface area contributed by atoms with Crippen LogP contribution in [0, 0.1) is 20.8 Å². The Hall–Kier alpha value is -1.68. The average Bonchev–Trinajstić information content (AvgIpc) is 2.55. The highest BCUT2D eigenvalue weighted by Crippen LogP contribution is 2.30. The summed E-state index contributed by atoms with van der Waals surface area (Å²) in [6.45, 7) is 8.18. The molecule has 3 nitrogen and oxygen atoms in total. The summed E-state index contributed by atoms with van der Waals surface area (Å²) in [4.78, 5) is 0. The largest absolute Gasteiger partial charge is 0.380 e. The lowest BCUT2D eigenvalue weighted by molar-refractivity contribution is 0.159. The maximum Gasteiger partial charge on any atom is 0.0720 e. The van der Waals surface area contributed by atoms with Crippen molar-refractivity contribution in [2.45, 2.75) is 40.6 Å². The highest BCUT2D eigenvalue weighted by atomic mass is 16.5. The lowest BCUT2D eigenvalue weighted by atomic mass is 9.92. The molecule has 0 atom stereocenters. The lowest BCUT2D eigenvalue weighted by Crippen LogP contribution is -2.05. The number of aryl methyl sites for hydroxylation is 2. The van der Waals surface area contributed by atoms with E-state index in [1.54, 1.807) is 21.3 Å². The Morgan fingerprint density at radius 2 is 1.04 bits per heavy atom. The summed E-state index contributed by atoms with van der Waals surface area (Å²) in [6, 6.07) is 8.92. The van der Waals surface area contributed by atoms with E-state index in [0.717, 1.165) is 16.7 Å². The average molecular weight is 328 g/mol. The Bertz CT molecular complexity index is 654. The first kappa shape index (κ1) is 18.7. The van der Waals surface area contributed by atoms with Crippen molar-refractivity contribution in [1.82, 2.24) is 0 Å². The quantitative estimate of drug-likeness (QED) is 0.736. The van der Waals surface area contributed by atoms with E-state index < -0.39 is 0 Å². The van der Waals surface area contributed by atoms with Gasteiger partial charge in [-0.05, 0) is 77.4 Å². The molecule has 24 heavy (non-hydrogen) atoms. The summed E-state index contributed by atoms with van der Waals surface area (Å²) in [5.41, 5.74) is 9.86.